The number of benzene rings is 1. The van der Waals surface area contributed by atoms with E-state index in [9.17, 15) is 9.18 Å². The van der Waals surface area contributed by atoms with Crippen molar-refractivity contribution in [2.75, 3.05) is 6.54 Å². The molecule has 23 heavy (non-hydrogen) atoms. The van der Waals surface area contributed by atoms with Crippen LogP contribution in [0.15, 0.2) is 18.2 Å². The average Bonchev–Trinajstić information content (AvgIpc) is 3.24. The number of hydrogen-bond acceptors (Lipinski definition) is 3. The van der Waals surface area contributed by atoms with Crippen molar-refractivity contribution in [1.82, 2.24) is 10.6 Å². The zero-order valence-corrected chi connectivity index (χ0v) is 14.5. The highest BCUT2D eigenvalue weighted by molar-refractivity contribution is 6.30. The van der Waals surface area contributed by atoms with Crippen LogP contribution in [0.25, 0.3) is 0 Å². The fraction of sp³-hybridized carbons (Fsp3) is 0.588. The summed E-state index contributed by atoms with van der Waals surface area (Å²) in [4.78, 5) is 11.9. The minimum atomic E-state index is -0.518. The number of alkyl carbamates (subject to hydrolysis) is 1. The van der Waals surface area contributed by atoms with Gasteiger partial charge in [0.1, 0.15) is 11.4 Å². The van der Waals surface area contributed by atoms with Gasteiger partial charge >= 0.3 is 6.09 Å². The first-order chi connectivity index (χ1) is 10.8. The van der Waals surface area contributed by atoms with Gasteiger partial charge in [0.25, 0.3) is 0 Å². The molecule has 0 spiro atoms. The van der Waals surface area contributed by atoms with E-state index in [1.165, 1.54) is 6.07 Å². The molecule has 2 rings (SSSR count). The van der Waals surface area contributed by atoms with E-state index in [4.69, 9.17) is 16.3 Å². The summed E-state index contributed by atoms with van der Waals surface area (Å²) < 4.78 is 19.1. The molecule has 2 N–H and O–H groups in total. The molecule has 1 atom stereocenters. The first-order valence-corrected chi connectivity index (χ1v) is 8.27. The second-order valence-electron chi connectivity index (χ2n) is 6.93. The average molecular weight is 343 g/mol. The molecule has 0 aromatic heterocycles. The Morgan fingerprint density at radius 2 is 2.13 bits per heavy atom. The number of carbonyl (C=O) groups excluding carboxylic acids is 1. The summed E-state index contributed by atoms with van der Waals surface area (Å²) in [6, 6.07) is 4.94. The lowest BCUT2D eigenvalue weighted by atomic mass is 10.1. The predicted octanol–water partition coefficient (Wildman–Crippen LogP) is 3.87. The van der Waals surface area contributed by atoms with Crippen LogP contribution in [0.4, 0.5) is 9.18 Å². The molecule has 1 amide bonds. The molecule has 128 valence electrons. The van der Waals surface area contributed by atoms with E-state index in [0.717, 1.165) is 12.8 Å². The zero-order chi connectivity index (χ0) is 17.0. The van der Waals surface area contributed by atoms with Gasteiger partial charge in [-0.25, -0.2) is 9.18 Å². The smallest absolute Gasteiger partial charge is 0.407 e. The van der Waals surface area contributed by atoms with E-state index >= 15 is 0 Å². The van der Waals surface area contributed by atoms with Crippen LogP contribution in [0.1, 0.15) is 39.2 Å². The summed E-state index contributed by atoms with van der Waals surface area (Å²) >= 11 is 5.77. The summed E-state index contributed by atoms with van der Waals surface area (Å²) in [6.45, 7) is 6.43. The van der Waals surface area contributed by atoms with Crippen LogP contribution in [0.3, 0.4) is 0 Å². The molecule has 0 saturated heterocycles. The van der Waals surface area contributed by atoms with E-state index < -0.39 is 17.5 Å². The third-order valence-electron chi connectivity index (χ3n) is 3.60. The van der Waals surface area contributed by atoms with Gasteiger partial charge in [-0.15, -0.1) is 0 Å². The van der Waals surface area contributed by atoms with Crippen LogP contribution in [-0.4, -0.2) is 24.3 Å². The summed E-state index contributed by atoms with van der Waals surface area (Å²) in [6.07, 6.45) is 1.77. The van der Waals surface area contributed by atoms with Gasteiger partial charge in [-0.05, 0) is 45.6 Å². The van der Waals surface area contributed by atoms with Gasteiger partial charge < -0.3 is 15.4 Å². The molecule has 6 heteroatoms. The molecule has 0 aliphatic heterocycles. The quantitative estimate of drug-likeness (QED) is 0.825. The second-order valence-corrected chi connectivity index (χ2v) is 7.34. The van der Waals surface area contributed by atoms with Gasteiger partial charge in [0.2, 0.25) is 0 Å². The van der Waals surface area contributed by atoms with Gasteiger partial charge in [0.15, 0.2) is 0 Å². The van der Waals surface area contributed by atoms with Gasteiger partial charge in [-0.2, -0.15) is 0 Å². The molecule has 0 heterocycles. The normalized spacial score (nSPS) is 16.0. The lowest BCUT2D eigenvalue weighted by molar-refractivity contribution is 0.0497. The van der Waals surface area contributed by atoms with Crippen molar-refractivity contribution in [2.24, 2.45) is 5.92 Å². The highest BCUT2D eigenvalue weighted by atomic mass is 35.5. The van der Waals surface area contributed by atoms with E-state index in [0.29, 0.717) is 24.6 Å². The van der Waals surface area contributed by atoms with Crippen molar-refractivity contribution < 1.29 is 13.9 Å². The Hall–Kier alpha value is -1.33. The number of carbonyl (C=O) groups is 1. The number of rotatable bonds is 6. The Morgan fingerprint density at radius 3 is 2.74 bits per heavy atom. The fourth-order valence-electron chi connectivity index (χ4n) is 2.34. The molecule has 0 bridgehead atoms. The van der Waals surface area contributed by atoms with Crippen LogP contribution in [0.2, 0.25) is 5.02 Å². The van der Waals surface area contributed by atoms with E-state index in [2.05, 4.69) is 10.6 Å². The maximum absolute atomic E-state index is 13.8. The Balaban J connectivity index is 1.83. The van der Waals surface area contributed by atoms with Crippen molar-refractivity contribution in [3.63, 3.8) is 0 Å². The van der Waals surface area contributed by atoms with Crippen LogP contribution in [0.5, 0.6) is 0 Å². The molecule has 1 saturated carbocycles. The highest BCUT2D eigenvalue weighted by Crippen LogP contribution is 2.32. The number of halogens is 2. The Kier molecular flexibility index (Phi) is 5.87. The van der Waals surface area contributed by atoms with Crippen molar-refractivity contribution in [2.45, 2.75) is 51.8 Å². The molecule has 1 aliphatic rings. The van der Waals surface area contributed by atoms with E-state index in [-0.39, 0.29) is 11.1 Å². The Labute approximate surface area is 141 Å². The molecular formula is C17H24ClFN2O2. The van der Waals surface area contributed by atoms with Gasteiger partial charge in [0.05, 0.1) is 5.02 Å². The first kappa shape index (κ1) is 18.0. The van der Waals surface area contributed by atoms with Crippen LogP contribution >= 0.6 is 11.6 Å². The molecule has 1 aromatic carbocycles. The predicted molar refractivity (Wildman–Crippen MR) is 89.0 cm³/mol. The topological polar surface area (TPSA) is 50.4 Å². The van der Waals surface area contributed by atoms with Gasteiger partial charge in [-0.1, -0.05) is 23.7 Å². The molecule has 1 unspecified atom stereocenters. The van der Waals surface area contributed by atoms with Crippen LogP contribution in [0, 0.1) is 11.7 Å². The van der Waals surface area contributed by atoms with Crippen molar-refractivity contribution >= 4 is 17.7 Å². The molecule has 1 aromatic rings. The summed E-state index contributed by atoms with van der Waals surface area (Å²) in [5.41, 5.74) is -0.000440. The van der Waals surface area contributed by atoms with Gasteiger partial charge in [0, 0.05) is 24.7 Å². The van der Waals surface area contributed by atoms with E-state index in [1.54, 1.807) is 12.1 Å². The SMILES string of the molecule is CC(C)(C)OC(=O)NC(CNCc1cccc(Cl)c1F)C1CC1. The number of hydrogen-bond donors (Lipinski definition) is 2. The standard InChI is InChI=1S/C17H24ClFN2O2/c1-17(2,3)23-16(22)21-14(11-7-8-11)10-20-9-12-5-4-6-13(18)15(12)19/h4-6,11,14,20H,7-10H2,1-3H3,(H,21,22). The molecule has 0 radical (unpaired) electrons. The zero-order valence-electron chi connectivity index (χ0n) is 13.8. The van der Waals surface area contributed by atoms with E-state index in [1.807, 2.05) is 20.8 Å². The van der Waals surface area contributed by atoms with Gasteiger partial charge in [-0.3, -0.25) is 0 Å². The maximum Gasteiger partial charge on any atom is 0.407 e. The number of nitrogens with one attached hydrogen (secondary N) is 2. The minimum absolute atomic E-state index is 0.00732. The van der Waals surface area contributed by atoms with Crippen molar-refractivity contribution in [3.8, 4) is 0 Å². The number of ether oxygens (including phenoxy) is 1. The first-order valence-electron chi connectivity index (χ1n) is 7.89. The molecule has 1 aliphatic carbocycles. The number of amides is 1. The Bertz CT molecular complexity index is 556. The summed E-state index contributed by atoms with van der Waals surface area (Å²) in [7, 11) is 0. The maximum atomic E-state index is 13.8. The third kappa shape index (κ3) is 5.99. The third-order valence-corrected chi connectivity index (χ3v) is 3.90. The Morgan fingerprint density at radius 1 is 1.43 bits per heavy atom. The lowest BCUT2D eigenvalue weighted by Gasteiger charge is -2.24. The summed E-state index contributed by atoms with van der Waals surface area (Å²) in [5.74, 6) is 0.0592. The minimum Gasteiger partial charge on any atom is -0.444 e. The molecule has 4 nitrogen and oxygen atoms in total. The monoisotopic (exact) mass is 342 g/mol. The summed E-state index contributed by atoms with van der Waals surface area (Å²) in [5, 5.41) is 6.22. The van der Waals surface area contributed by atoms with Crippen molar-refractivity contribution in [1.29, 1.82) is 0 Å². The van der Waals surface area contributed by atoms with Crippen LogP contribution in [-0.2, 0) is 11.3 Å². The largest absolute Gasteiger partial charge is 0.444 e. The highest BCUT2D eigenvalue weighted by Gasteiger charge is 2.33. The molecule has 1 fully saturated rings. The van der Waals surface area contributed by atoms with Crippen LogP contribution < -0.4 is 10.6 Å². The molecular weight excluding hydrogens is 319 g/mol. The van der Waals surface area contributed by atoms with Crippen molar-refractivity contribution in [3.05, 3.63) is 34.6 Å². The lowest BCUT2D eigenvalue weighted by Crippen LogP contribution is -2.45. The fourth-order valence-corrected chi connectivity index (χ4v) is 2.53. The second kappa shape index (κ2) is 7.49.